The Morgan fingerprint density at radius 2 is 2.09 bits per heavy atom. The molecule has 0 spiro atoms. The number of pyridine rings is 1. The van der Waals surface area contributed by atoms with E-state index in [-0.39, 0.29) is 29.7 Å². The highest BCUT2D eigenvalue weighted by Crippen LogP contribution is 2.31. The van der Waals surface area contributed by atoms with E-state index in [2.05, 4.69) is 10.3 Å². The number of hydrogen-bond donors (Lipinski definition) is 1. The molecule has 1 atom stereocenters. The van der Waals surface area contributed by atoms with E-state index < -0.39 is 30.1 Å². The number of carbonyl (C=O) groups is 2. The van der Waals surface area contributed by atoms with Crippen molar-refractivity contribution < 1.29 is 31.9 Å². The van der Waals surface area contributed by atoms with E-state index in [9.17, 15) is 27.2 Å². The molecule has 1 N–H and O–H groups in total. The fourth-order valence-corrected chi connectivity index (χ4v) is 4.17. The van der Waals surface area contributed by atoms with Crippen LogP contribution in [0, 0.1) is 5.82 Å². The Kier molecular flexibility index (Phi) is 5.93. The maximum atomic E-state index is 14.2. The number of amides is 2. The zero-order valence-corrected chi connectivity index (χ0v) is 17.3. The molecule has 172 valence electrons. The molecule has 2 aromatic heterocycles. The van der Waals surface area contributed by atoms with Crippen LogP contribution in [-0.4, -0.2) is 45.5 Å². The lowest BCUT2D eigenvalue weighted by molar-refractivity contribution is -0.143. The van der Waals surface area contributed by atoms with Gasteiger partial charge in [-0.25, -0.2) is 9.37 Å². The highest BCUT2D eigenvalue weighted by atomic mass is 19.4. The largest absolute Gasteiger partial charge is 0.436 e. The smallest absolute Gasteiger partial charge is 0.373 e. The zero-order chi connectivity index (χ0) is 23.0. The van der Waals surface area contributed by atoms with Crippen molar-refractivity contribution in [2.24, 2.45) is 0 Å². The van der Waals surface area contributed by atoms with Gasteiger partial charge in [-0.05, 0) is 31.9 Å². The molecule has 0 saturated carbocycles. The van der Waals surface area contributed by atoms with Crippen LogP contribution in [0.4, 0.5) is 17.6 Å². The average Bonchev–Trinajstić information content (AvgIpc) is 3.35. The third kappa shape index (κ3) is 4.08. The lowest BCUT2D eigenvalue weighted by Gasteiger charge is -2.24. The number of carbonyl (C=O) groups excluding carboxylic acids is 2. The van der Waals surface area contributed by atoms with E-state index in [1.54, 1.807) is 9.47 Å². The molecule has 1 saturated heterocycles. The Morgan fingerprint density at radius 1 is 1.31 bits per heavy atom. The van der Waals surface area contributed by atoms with Crippen LogP contribution in [0.5, 0.6) is 0 Å². The Hall–Kier alpha value is -2.95. The maximum absolute atomic E-state index is 14.2. The molecule has 0 aromatic carbocycles. The number of nitrogens with one attached hydrogen (secondary N) is 1. The molecule has 2 aromatic rings. The predicted octanol–water partition coefficient (Wildman–Crippen LogP) is 3.13. The number of fused-ring (bicyclic) bond motifs is 1. The van der Waals surface area contributed by atoms with E-state index in [4.69, 9.17) is 4.74 Å². The van der Waals surface area contributed by atoms with E-state index in [0.29, 0.717) is 31.1 Å². The minimum atomic E-state index is -4.94. The summed E-state index contributed by atoms with van der Waals surface area (Å²) < 4.78 is 60.0. The number of ether oxygens (including phenoxy) is 1. The maximum Gasteiger partial charge on any atom is 0.436 e. The minimum Gasteiger partial charge on any atom is -0.373 e. The van der Waals surface area contributed by atoms with Crippen LogP contribution in [0.1, 0.15) is 57.6 Å². The third-order valence-electron chi connectivity index (χ3n) is 5.86. The van der Waals surface area contributed by atoms with Crippen molar-refractivity contribution >= 4 is 11.8 Å². The summed E-state index contributed by atoms with van der Waals surface area (Å²) in [5, 5.41) is 2.45. The average molecular weight is 454 g/mol. The number of alkyl halides is 3. The second kappa shape index (κ2) is 8.53. The number of nitrogens with zero attached hydrogens (tertiary/aromatic N) is 3. The molecule has 2 aliphatic heterocycles. The molecule has 0 radical (unpaired) electrons. The molecule has 4 heterocycles. The van der Waals surface area contributed by atoms with Crippen LogP contribution in [0.2, 0.25) is 0 Å². The van der Waals surface area contributed by atoms with Gasteiger partial charge in [0.1, 0.15) is 5.69 Å². The predicted molar refractivity (Wildman–Crippen MR) is 104 cm³/mol. The van der Waals surface area contributed by atoms with Crippen LogP contribution in [0.15, 0.2) is 18.3 Å². The zero-order valence-electron chi connectivity index (χ0n) is 17.3. The van der Waals surface area contributed by atoms with E-state index in [1.165, 1.54) is 6.07 Å². The van der Waals surface area contributed by atoms with Gasteiger partial charge in [0.05, 0.1) is 24.5 Å². The minimum absolute atomic E-state index is 0.100. The summed E-state index contributed by atoms with van der Waals surface area (Å²) in [6, 6.07) is 2.66. The van der Waals surface area contributed by atoms with Gasteiger partial charge in [0, 0.05) is 37.4 Å². The van der Waals surface area contributed by atoms with Crippen LogP contribution < -0.4 is 5.32 Å². The summed E-state index contributed by atoms with van der Waals surface area (Å²) >= 11 is 0. The van der Waals surface area contributed by atoms with Crippen molar-refractivity contribution in [1.29, 1.82) is 0 Å². The van der Waals surface area contributed by atoms with Crippen molar-refractivity contribution in [3.8, 4) is 0 Å². The summed E-state index contributed by atoms with van der Waals surface area (Å²) in [6.07, 6.45) is -2.28. The quantitative estimate of drug-likeness (QED) is 0.721. The highest BCUT2D eigenvalue weighted by Gasteiger charge is 2.37. The Labute approximate surface area is 181 Å². The van der Waals surface area contributed by atoms with Gasteiger partial charge in [0.15, 0.2) is 11.5 Å². The molecule has 32 heavy (non-hydrogen) atoms. The van der Waals surface area contributed by atoms with Gasteiger partial charge >= 0.3 is 6.18 Å². The van der Waals surface area contributed by atoms with Crippen molar-refractivity contribution in [3.63, 3.8) is 0 Å². The molecular weight excluding hydrogens is 432 g/mol. The van der Waals surface area contributed by atoms with Gasteiger partial charge in [-0.1, -0.05) is 0 Å². The van der Waals surface area contributed by atoms with E-state index in [1.807, 2.05) is 6.92 Å². The van der Waals surface area contributed by atoms with Crippen molar-refractivity contribution in [1.82, 2.24) is 19.8 Å². The highest BCUT2D eigenvalue weighted by molar-refractivity contribution is 6.00. The first-order chi connectivity index (χ1) is 15.2. The van der Waals surface area contributed by atoms with Crippen LogP contribution in [-0.2, 0) is 30.6 Å². The summed E-state index contributed by atoms with van der Waals surface area (Å²) in [6.45, 7) is 3.06. The second-order valence-corrected chi connectivity index (χ2v) is 7.90. The van der Waals surface area contributed by atoms with E-state index in [0.717, 1.165) is 25.1 Å². The Balaban J connectivity index is 1.57. The number of halogens is 4. The van der Waals surface area contributed by atoms with Gasteiger partial charge in [-0.3, -0.25) is 9.59 Å². The third-order valence-corrected chi connectivity index (χ3v) is 5.86. The lowest BCUT2D eigenvalue weighted by Crippen LogP contribution is -2.35. The lowest BCUT2D eigenvalue weighted by atomic mass is 10.1. The van der Waals surface area contributed by atoms with Crippen molar-refractivity contribution in [2.75, 3.05) is 13.2 Å². The molecule has 2 amide bonds. The monoisotopic (exact) mass is 454 g/mol. The first-order valence-corrected chi connectivity index (χ1v) is 10.3. The van der Waals surface area contributed by atoms with Crippen LogP contribution in [0.3, 0.4) is 0 Å². The normalized spacial score (nSPS) is 18.5. The molecular formula is C21H22F4N4O3. The number of hydrogen-bond acceptors (Lipinski definition) is 4. The molecule has 7 nitrogen and oxygen atoms in total. The molecule has 11 heteroatoms. The summed E-state index contributed by atoms with van der Waals surface area (Å²) in [5.74, 6) is -2.33. The molecule has 0 bridgehead atoms. The van der Waals surface area contributed by atoms with Gasteiger partial charge in [0.25, 0.3) is 11.8 Å². The van der Waals surface area contributed by atoms with Crippen LogP contribution in [0.25, 0.3) is 0 Å². The standard InChI is InChI=1S/C21H22F4N4O3/c1-12-3-2-6-28(12)20(31)15-9-14(16-11-32-8-7-29(15)16)19(30)27-10-13-4-5-26-18(17(13)22)21(23,24)25/h4-5,9,12H,2-3,6-8,10-11H2,1H3,(H,27,30). The molecule has 4 rings (SSSR count). The van der Waals surface area contributed by atoms with E-state index >= 15 is 0 Å². The summed E-state index contributed by atoms with van der Waals surface area (Å²) in [7, 11) is 0. The summed E-state index contributed by atoms with van der Waals surface area (Å²) in [5.41, 5.74) is -0.907. The fraction of sp³-hybridized carbons (Fsp3) is 0.476. The van der Waals surface area contributed by atoms with Gasteiger partial charge < -0.3 is 19.5 Å². The number of aromatic nitrogens is 2. The SMILES string of the molecule is CC1CCCN1C(=O)c1cc(C(=O)NCc2ccnc(C(F)(F)F)c2F)c2n1CCOC2. The fourth-order valence-electron chi connectivity index (χ4n) is 4.17. The molecule has 1 fully saturated rings. The molecule has 1 unspecified atom stereocenters. The van der Waals surface area contributed by atoms with Gasteiger partial charge in [-0.2, -0.15) is 13.2 Å². The topological polar surface area (TPSA) is 76.5 Å². The summed E-state index contributed by atoms with van der Waals surface area (Å²) in [4.78, 5) is 30.7. The first kappa shape index (κ1) is 22.3. The van der Waals surface area contributed by atoms with Gasteiger partial charge in [0.2, 0.25) is 0 Å². The Morgan fingerprint density at radius 3 is 2.78 bits per heavy atom. The molecule has 0 aliphatic carbocycles. The Bertz CT molecular complexity index is 1050. The van der Waals surface area contributed by atoms with Gasteiger partial charge in [-0.15, -0.1) is 0 Å². The van der Waals surface area contributed by atoms with Crippen LogP contribution >= 0.6 is 0 Å². The molecule has 2 aliphatic rings. The van der Waals surface area contributed by atoms with Crippen molar-refractivity contribution in [2.45, 2.75) is 51.7 Å². The second-order valence-electron chi connectivity index (χ2n) is 7.90. The number of rotatable bonds is 4. The number of likely N-dealkylation sites (tertiary alicyclic amines) is 1. The first-order valence-electron chi connectivity index (χ1n) is 10.3. The van der Waals surface area contributed by atoms with Crippen molar-refractivity contribution in [3.05, 3.63) is 52.4 Å².